The summed E-state index contributed by atoms with van der Waals surface area (Å²) in [4.78, 5) is 35.5. The number of pyridine rings is 2. The number of hydrogen-bond donors (Lipinski definition) is 1. The molecule has 9 nitrogen and oxygen atoms in total. The second-order valence-electron chi connectivity index (χ2n) is 6.90. The van der Waals surface area contributed by atoms with E-state index in [4.69, 9.17) is 4.98 Å². The summed E-state index contributed by atoms with van der Waals surface area (Å²) in [5.41, 5.74) is 0.265. The van der Waals surface area contributed by atoms with Crippen molar-refractivity contribution in [1.29, 1.82) is 0 Å². The first-order chi connectivity index (χ1) is 14.0. The highest BCUT2D eigenvalue weighted by Crippen LogP contribution is 2.29. The molecule has 5 rings (SSSR count). The van der Waals surface area contributed by atoms with Crippen molar-refractivity contribution in [3.8, 4) is 5.13 Å². The van der Waals surface area contributed by atoms with Gasteiger partial charge in [0.15, 0.2) is 10.8 Å². The van der Waals surface area contributed by atoms with Crippen LogP contribution in [-0.2, 0) is 0 Å². The van der Waals surface area contributed by atoms with Crippen LogP contribution in [0, 0.1) is 6.92 Å². The van der Waals surface area contributed by atoms with E-state index in [2.05, 4.69) is 15.0 Å². The largest absolute Gasteiger partial charge is 0.477 e. The van der Waals surface area contributed by atoms with Crippen LogP contribution >= 0.6 is 11.3 Å². The molecule has 4 aromatic rings. The Hall–Kier alpha value is -3.53. The molecule has 0 radical (unpaired) electrons. The zero-order valence-electron chi connectivity index (χ0n) is 15.4. The van der Waals surface area contributed by atoms with Gasteiger partial charge in [-0.15, -0.1) is 11.3 Å². The summed E-state index contributed by atoms with van der Waals surface area (Å²) in [6, 6.07) is 4.01. The van der Waals surface area contributed by atoms with E-state index < -0.39 is 11.4 Å². The van der Waals surface area contributed by atoms with E-state index in [1.165, 1.54) is 17.5 Å². The first-order valence-electron chi connectivity index (χ1n) is 8.97. The summed E-state index contributed by atoms with van der Waals surface area (Å²) in [6.07, 6.45) is 6.64. The molecule has 0 spiro atoms. The van der Waals surface area contributed by atoms with Crippen LogP contribution < -0.4 is 10.3 Å². The molecule has 10 heteroatoms. The Morgan fingerprint density at radius 1 is 1.31 bits per heavy atom. The Labute approximate surface area is 168 Å². The minimum Gasteiger partial charge on any atom is -0.477 e. The lowest BCUT2D eigenvalue weighted by Gasteiger charge is -2.40. The van der Waals surface area contributed by atoms with E-state index >= 15 is 0 Å². The van der Waals surface area contributed by atoms with Crippen molar-refractivity contribution in [3.05, 3.63) is 63.7 Å². The molecule has 4 aromatic heterocycles. The second kappa shape index (κ2) is 6.52. The molecule has 5 heterocycles. The fourth-order valence-corrected chi connectivity index (χ4v) is 4.20. The van der Waals surface area contributed by atoms with Gasteiger partial charge in [-0.05, 0) is 24.6 Å². The van der Waals surface area contributed by atoms with E-state index in [1.807, 2.05) is 23.0 Å². The van der Waals surface area contributed by atoms with Crippen LogP contribution in [0.1, 0.15) is 22.0 Å². The molecule has 1 N–H and O–H groups in total. The molecular weight excluding hydrogens is 392 g/mol. The number of nitrogens with zero attached hydrogens (tertiary/aromatic N) is 6. The Balaban J connectivity index is 1.64. The molecule has 0 atom stereocenters. The van der Waals surface area contributed by atoms with Gasteiger partial charge in [-0.3, -0.25) is 14.0 Å². The molecule has 1 aliphatic rings. The van der Waals surface area contributed by atoms with Gasteiger partial charge < -0.3 is 10.0 Å². The number of hydrogen-bond acceptors (Lipinski definition) is 7. The van der Waals surface area contributed by atoms with E-state index in [0.717, 1.165) is 18.9 Å². The van der Waals surface area contributed by atoms with Crippen molar-refractivity contribution in [2.45, 2.75) is 13.0 Å². The number of aryl methyl sites for hydroxylation is 1. The van der Waals surface area contributed by atoms with Crippen LogP contribution in [0.3, 0.4) is 0 Å². The normalized spacial score (nSPS) is 14.3. The standard InChI is InChI=1S/C19H16N6O3S/c1-11-7-14(23-8-12(9-23)25-5-2-3-21-25)22-17-15(11)16(26)13(18(27)28)10-24(17)19-20-4-6-29-19/h2-7,10,12H,8-9H2,1H3,(H,27,28). The Morgan fingerprint density at radius 3 is 2.79 bits per heavy atom. The molecule has 146 valence electrons. The van der Waals surface area contributed by atoms with E-state index in [9.17, 15) is 14.7 Å². The smallest absolute Gasteiger partial charge is 0.341 e. The number of anilines is 1. The maximum atomic E-state index is 12.8. The average molecular weight is 408 g/mol. The van der Waals surface area contributed by atoms with Gasteiger partial charge in [0, 0.05) is 43.3 Å². The highest BCUT2D eigenvalue weighted by atomic mass is 32.1. The Morgan fingerprint density at radius 2 is 2.14 bits per heavy atom. The van der Waals surface area contributed by atoms with E-state index in [0.29, 0.717) is 21.7 Å². The zero-order chi connectivity index (χ0) is 20.1. The molecule has 29 heavy (non-hydrogen) atoms. The Kier molecular flexibility index (Phi) is 3.95. The van der Waals surface area contributed by atoms with Gasteiger partial charge >= 0.3 is 5.97 Å². The molecule has 0 bridgehead atoms. The van der Waals surface area contributed by atoms with Gasteiger partial charge in [0.05, 0.1) is 11.4 Å². The van der Waals surface area contributed by atoms with Crippen LogP contribution in [0.2, 0.25) is 0 Å². The Bertz CT molecular complexity index is 1270. The second-order valence-corrected chi connectivity index (χ2v) is 7.78. The topological polar surface area (TPSA) is 106 Å². The highest BCUT2D eigenvalue weighted by Gasteiger charge is 2.30. The van der Waals surface area contributed by atoms with E-state index in [-0.39, 0.29) is 11.6 Å². The van der Waals surface area contributed by atoms with Crippen LogP contribution in [0.5, 0.6) is 0 Å². The average Bonchev–Trinajstić information content (AvgIpc) is 3.34. The molecule has 0 saturated carbocycles. The van der Waals surface area contributed by atoms with Gasteiger partial charge in [0.1, 0.15) is 11.4 Å². The van der Waals surface area contributed by atoms with E-state index in [1.54, 1.807) is 29.3 Å². The minimum absolute atomic E-state index is 0.276. The molecule has 1 fully saturated rings. The third-order valence-electron chi connectivity index (χ3n) is 5.08. The van der Waals surface area contributed by atoms with Crippen LogP contribution in [-0.4, -0.2) is 48.5 Å². The molecule has 0 aromatic carbocycles. The van der Waals surface area contributed by atoms with Gasteiger partial charge in [0.2, 0.25) is 5.43 Å². The van der Waals surface area contributed by atoms with Gasteiger partial charge in [0.25, 0.3) is 0 Å². The third-order valence-corrected chi connectivity index (χ3v) is 5.85. The van der Waals surface area contributed by atoms with Crippen LogP contribution in [0.25, 0.3) is 16.2 Å². The number of carbonyl (C=O) groups is 1. The molecule has 0 aliphatic carbocycles. The van der Waals surface area contributed by atoms with Gasteiger partial charge in [-0.2, -0.15) is 5.10 Å². The number of aromatic nitrogens is 5. The number of thiazole rings is 1. The lowest BCUT2D eigenvalue weighted by atomic mass is 10.1. The molecule has 0 amide bonds. The van der Waals surface area contributed by atoms with Gasteiger partial charge in [-0.1, -0.05) is 0 Å². The summed E-state index contributed by atoms with van der Waals surface area (Å²) >= 11 is 1.35. The number of rotatable bonds is 4. The molecule has 1 saturated heterocycles. The summed E-state index contributed by atoms with van der Waals surface area (Å²) in [6.45, 7) is 3.32. The van der Waals surface area contributed by atoms with Crippen molar-refractivity contribution in [3.63, 3.8) is 0 Å². The van der Waals surface area contributed by atoms with Crippen molar-refractivity contribution in [1.82, 2.24) is 24.3 Å². The summed E-state index contributed by atoms with van der Waals surface area (Å²) in [5, 5.41) is 16.4. The molecule has 1 aliphatic heterocycles. The highest BCUT2D eigenvalue weighted by molar-refractivity contribution is 7.12. The van der Waals surface area contributed by atoms with Crippen molar-refractivity contribution < 1.29 is 9.90 Å². The fraction of sp³-hybridized carbons (Fsp3) is 0.211. The monoisotopic (exact) mass is 408 g/mol. The predicted octanol–water partition coefficient (Wildman–Crippen LogP) is 2.11. The number of carboxylic acids is 1. The summed E-state index contributed by atoms with van der Waals surface area (Å²) < 4.78 is 3.52. The van der Waals surface area contributed by atoms with Crippen LogP contribution in [0.15, 0.2) is 47.1 Å². The number of carboxylic acid groups (broad SMARTS) is 1. The maximum absolute atomic E-state index is 12.8. The maximum Gasteiger partial charge on any atom is 0.341 e. The van der Waals surface area contributed by atoms with Crippen molar-refractivity contribution in [2.75, 3.05) is 18.0 Å². The van der Waals surface area contributed by atoms with Gasteiger partial charge in [-0.25, -0.2) is 14.8 Å². The first-order valence-corrected chi connectivity index (χ1v) is 9.85. The molecule has 0 unspecified atom stereocenters. The first kappa shape index (κ1) is 17.6. The predicted molar refractivity (Wildman–Crippen MR) is 108 cm³/mol. The summed E-state index contributed by atoms with van der Waals surface area (Å²) in [7, 11) is 0. The third kappa shape index (κ3) is 2.80. The summed E-state index contributed by atoms with van der Waals surface area (Å²) in [5.74, 6) is -0.526. The number of aromatic carboxylic acids is 1. The minimum atomic E-state index is -1.27. The quantitative estimate of drug-likeness (QED) is 0.551. The number of fused-ring (bicyclic) bond motifs is 1. The molecular formula is C19H16N6O3S. The zero-order valence-corrected chi connectivity index (χ0v) is 16.2. The lowest BCUT2D eigenvalue weighted by Crippen LogP contribution is -2.48. The van der Waals surface area contributed by atoms with Crippen molar-refractivity contribution in [2.24, 2.45) is 0 Å². The van der Waals surface area contributed by atoms with Crippen LogP contribution in [0.4, 0.5) is 5.82 Å². The lowest BCUT2D eigenvalue weighted by molar-refractivity contribution is 0.0695. The SMILES string of the molecule is Cc1cc(N2CC(n3cccn3)C2)nc2c1c(=O)c(C(=O)O)cn2-c1nccs1. The fourth-order valence-electron chi connectivity index (χ4n) is 3.58. The van der Waals surface area contributed by atoms with Crippen molar-refractivity contribution >= 4 is 34.2 Å².